The zero-order valence-corrected chi connectivity index (χ0v) is 18.9. The third-order valence-corrected chi connectivity index (χ3v) is 7.55. The maximum Gasteiger partial charge on any atom is 0.308 e. The van der Waals surface area contributed by atoms with Crippen molar-refractivity contribution in [1.82, 2.24) is 0 Å². The summed E-state index contributed by atoms with van der Waals surface area (Å²) in [6.07, 6.45) is 5.91. The van der Waals surface area contributed by atoms with Crippen LogP contribution in [0, 0.1) is 30.1 Å². The highest BCUT2D eigenvalue weighted by molar-refractivity contribution is 5.71. The molecule has 6 unspecified atom stereocenters. The van der Waals surface area contributed by atoms with Gasteiger partial charge in [-0.1, -0.05) is 43.7 Å². The molecule has 1 saturated heterocycles. The summed E-state index contributed by atoms with van der Waals surface area (Å²) in [5, 5.41) is 0. The van der Waals surface area contributed by atoms with Gasteiger partial charge in [0.05, 0.1) is 19.1 Å². The van der Waals surface area contributed by atoms with Gasteiger partial charge in [0, 0.05) is 19.3 Å². The first-order valence-corrected chi connectivity index (χ1v) is 12.0. The third kappa shape index (κ3) is 6.28. The fraction of sp³-hybridized carbons (Fsp3) is 0.692. The highest BCUT2D eigenvalue weighted by Crippen LogP contribution is 2.51. The number of carbonyl (C=O) groups excluding carboxylic acids is 1. The molecule has 0 bridgehead atoms. The average Bonchev–Trinajstić information content (AvgIpc) is 2.76. The van der Waals surface area contributed by atoms with Gasteiger partial charge in [-0.3, -0.25) is 4.79 Å². The molecular weight excluding hydrogens is 414 g/mol. The molecule has 1 aromatic rings. The molecule has 1 heterocycles. The van der Waals surface area contributed by atoms with Crippen LogP contribution in [-0.2, 0) is 25.6 Å². The maximum absolute atomic E-state index is 13.9. The molecule has 0 amide bonds. The molecule has 0 spiro atoms. The van der Waals surface area contributed by atoms with Crippen LogP contribution >= 0.6 is 0 Å². The van der Waals surface area contributed by atoms with Gasteiger partial charge in [0.1, 0.15) is 12.9 Å². The number of carbonyl (C=O) groups is 1. The number of rotatable bonds is 8. The predicted molar refractivity (Wildman–Crippen MR) is 117 cm³/mol. The standard InChI is InChI=1S/C26H35F2O4/c1-18-7-8-20-15-26(27,28)12-11-24(20)23(18)10-9-21-13-22(14-25(29)32-21)31-17-30-16-19-5-3-2-4-6-19/h2-6,11,18,20-24H,7-10,12-17H2,1H3. The minimum Gasteiger partial charge on any atom is -0.462 e. The summed E-state index contributed by atoms with van der Waals surface area (Å²) in [4.78, 5) is 12.1. The number of fused-ring (bicyclic) bond motifs is 1. The van der Waals surface area contributed by atoms with Crippen LogP contribution in [0.2, 0.25) is 0 Å². The number of cyclic esters (lactones) is 1. The summed E-state index contributed by atoms with van der Waals surface area (Å²) in [6, 6.07) is 9.88. The number of hydrogen-bond donors (Lipinski definition) is 0. The molecule has 0 N–H and O–H groups in total. The van der Waals surface area contributed by atoms with Gasteiger partial charge in [0.15, 0.2) is 0 Å². The van der Waals surface area contributed by atoms with Crippen LogP contribution in [-0.4, -0.2) is 30.9 Å². The van der Waals surface area contributed by atoms with Crippen molar-refractivity contribution < 1.29 is 27.8 Å². The smallest absolute Gasteiger partial charge is 0.308 e. The van der Waals surface area contributed by atoms with Crippen molar-refractivity contribution >= 4 is 5.97 Å². The summed E-state index contributed by atoms with van der Waals surface area (Å²) < 4.78 is 44.8. The summed E-state index contributed by atoms with van der Waals surface area (Å²) in [7, 11) is 0. The number of ether oxygens (including phenoxy) is 3. The lowest BCUT2D eigenvalue weighted by molar-refractivity contribution is -0.173. The van der Waals surface area contributed by atoms with Crippen LogP contribution in [0.1, 0.15) is 63.9 Å². The number of halogens is 2. The van der Waals surface area contributed by atoms with Gasteiger partial charge in [-0.05, 0) is 54.9 Å². The molecule has 32 heavy (non-hydrogen) atoms. The molecule has 1 radical (unpaired) electrons. The lowest BCUT2D eigenvalue weighted by atomic mass is 9.60. The van der Waals surface area contributed by atoms with Crippen LogP contribution in [0.4, 0.5) is 8.78 Å². The van der Waals surface area contributed by atoms with E-state index in [-0.39, 0.29) is 56.1 Å². The van der Waals surface area contributed by atoms with E-state index >= 15 is 0 Å². The number of esters is 1. The quantitative estimate of drug-likeness (QED) is 0.280. The Balaban J connectivity index is 1.23. The molecular formula is C26H35F2O4. The first-order chi connectivity index (χ1) is 15.4. The Bertz CT molecular complexity index is 741. The van der Waals surface area contributed by atoms with Gasteiger partial charge in [-0.2, -0.15) is 0 Å². The second-order valence-corrected chi connectivity index (χ2v) is 9.93. The van der Waals surface area contributed by atoms with Crippen molar-refractivity contribution in [2.75, 3.05) is 6.79 Å². The van der Waals surface area contributed by atoms with Crippen molar-refractivity contribution in [3.8, 4) is 0 Å². The van der Waals surface area contributed by atoms with Crippen molar-refractivity contribution in [2.24, 2.45) is 23.7 Å². The molecule has 1 aromatic carbocycles. The molecule has 2 saturated carbocycles. The molecule has 3 aliphatic rings. The Labute approximate surface area is 190 Å². The normalized spacial score (nSPS) is 34.5. The molecule has 1 aliphatic heterocycles. The second kappa shape index (κ2) is 10.6. The van der Waals surface area contributed by atoms with Gasteiger partial charge in [-0.25, -0.2) is 8.78 Å². The summed E-state index contributed by atoms with van der Waals surface area (Å²) >= 11 is 0. The monoisotopic (exact) mass is 449 g/mol. The zero-order chi connectivity index (χ0) is 22.6. The van der Waals surface area contributed by atoms with E-state index in [1.165, 1.54) is 0 Å². The van der Waals surface area contributed by atoms with Crippen molar-refractivity contribution in [3.63, 3.8) is 0 Å². The molecule has 3 fully saturated rings. The topological polar surface area (TPSA) is 44.8 Å². The van der Waals surface area contributed by atoms with Crippen molar-refractivity contribution in [2.45, 2.75) is 83.0 Å². The van der Waals surface area contributed by atoms with Crippen molar-refractivity contribution in [1.29, 1.82) is 0 Å². The fourth-order valence-electron chi connectivity index (χ4n) is 5.87. The molecule has 6 atom stereocenters. The number of hydrogen-bond acceptors (Lipinski definition) is 4. The van der Waals surface area contributed by atoms with E-state index in [1.807, 2.05) is 36.8 Å². The van der Waals surface area contributed by atoms with E-state index in [2.05, 4.69) is 6.92 Å². The van der Waals surface area contributed by atoms with E-state index in [1.54, 1.807) is 0 Å². The summed E-state index contributed by atoms with van der Waals surface area (Å²) in [5.74, 6) is -1.52. The minimum atomic E-state index is -2.54. The van der Waals surface area contributed by atoms with Crippen LogP contribution in [0.25, 0.3) is 0 Å². The number of alkyl halides is 2. The Morgan fingerprint density at radius 1 is 1.16 bits per heavy atom. The van der Waals surface area contributed by atoms with Crippen LogP contribution in [0.5, 0.6) is 0 Å². The lowest BCUT2D eigenvalue weighted by Gasteiger charge is -2.47. The minimum absolute atomic E-state index is 0.0225. The third-order valence-electron chi connectivity index (χ3n) is 7.55. The van der Waals surface area contributed by atoms with Crippen LogP contribution in [0.15, 0.2) is 30.3 Å². The Hall–Kier alpha value is -1.53. The summed E-state index contributed by atoms with van der Waals surface area (Å²) in [5.41, 5.74) is 1.08. The molecule has 4 rings (SSSR count). The van der Waals surface area contributed by atoms with Gasteiger partial charge >= 0.3 is 5.97 Å². The molecule has 0 aromatic heterocycles. The van der Waals surface area contributed by atoms with Crippen LogP contribution < -0.4 is 0 Å². The van der Waals surface area contributed by atoms with Gasteiger partial charge < -0.3 is 14.2 Å². The first kappa shape index (κ1) is 23.6. The molecule has 6 heteroatoms. The van der Waals surface area contributed by atoms with Crippen molar-refractivity contribution in [3.05, 3.63) is 42.3 Å². The molecule has 177 valence electrons. The van der Waals surface area contributed by atoms with Crippen LogP contribution in [0.3, 0.4) is 0 Å². The zero-order valence-electron chi connectivity index (χ0n) is 18.9. The van der Waals surface area contributed by atoms with Gasteiger partial charge in [0.2, 0.25) is 5.92 Å². The largest absolute Gasteiger partial charge is 0.462 e. The van der Waals surface area contributed by atoms with E-state index in [0.29, 0.717) is 24.9 Å². The second-order valence-electron chi connectivity index (χ2n) is 9.93. The molecule has 2 aliphatic carbocycles. The van der Waals surface area contributed by atoms with Gasteiger partial charge in [-0.15, -0.1) is 0 Å². The van der Waals surface area contributed by atoms with E-state index in [0.717, 1.165) is 31.2 Å². The lowest BCUT2D eigenvalue weighted by Crippen LogP contribution is -2.42. The highest BCUT2D eigenvalue weighted by atomic mass is 19.3. The first-order valence-electron chi connectivity index (χ1n) is 12.0. The summed E-state index contributed by atoms with van der Waals surface area (Å²) in [6.45, 7) is 2.86. The fourth-order valence-corrected chi connectivity index (χ4v) is 5.87. The van der Waals surface area contributed by atoms with Gasteiger partial charge in [0.25, 0.3) is 0 Å². The predicted octanol–water partition coefficient (Wildman–Crippen LogP) is 5.94. The van der Waals surface area contributed by atoms with E-state index in [9.17, 15) is 13.6 Å². The maximum atomic E-state index is 13.9. The highest BCUT2D eigenvalue weighted by Gasteiger charge is 2.47. The Morgan fingerprint density at radius 3 is 2.78 bits per heavy atom. The Morgan fingerprint density at radius 2 is 1.97 bits per heavy atom. The SMILES string of the molecule is CC1CCC2CC(F)(F)C[CH]C2C1CCC1CC(OCOCc2ccccc2)CC(=O)O1. The van der Waals surface area contributed by atoms with E-state index < -0.39 is 5.92 Å². The van der Waals surface area contributed by atoms with E-state index in [4.69, 9.17) is 14.2 Å². The number of benzene rings is 1. The Kier molecular flexibility index (Phi) is 7.83. The molecule has 4 nitrogen and oxygen atoms in total. The average molecular weight is 450 g/mol.